The second kappa shape index (κ2) is 6.48. The quantitative estimate of drug-likeness (QED) is 0.720. The lowest BCUT2D eigenvalue weighted by atomic mass is 9.82. The number of rotatable bonds is 3. The van der Waals surface area contributed by atoms with E-state index in [4.69, 9.17) is 0 Å². The molecule has 1 aliphatic rings. The minimum Gasteiger partial charge on any atom is -0.207 e. The van der Waals surface area contributed by atoms with Gasteiger partial charge in [-0.05, 0) is 48.2 Å². The zero-order chi connectivity index (χ0) is 19.1. The van der Waals surface area contributed by atoms with Crippen molar-refractivity contribution in [2.45, 2.75) is 24.3 Å². The van der Waals surface area contributed by atoms with Gasteiger partial charge in [0.1, 0.15) is 0 Å². The van der Waals surface area contributed by atoms with Gasteiger partial charge in [0.25, 0.3) is 0 Å². The fourth-order valence-corrected chi connectivity index (χ4v) is 5.04. The molecule has 3 nitrogen and oxygen atoms in total. The Hall–Kier alpha value is -2.69. The van der Waals surface area contributed by atoms with Crippen molar-refractivity contribution in [3.8, 4) is 0 Å². The first-order valence-corrected chi connectivity index (χ1v) is 10.4. The zero-order valence-corrected chi connectivity index (χ0v) is 16.1. The van der Waals surface area contributed by atoms with E-state index in [-0.39, 0.29) is 4.90 Å². The summed E-state index contributed by atoms with van der Waals surface area (Å²) in [6.45, 7) is 3.87. The van der Waals surface area contributed by atoms with Gasteiger partial charge in [0, 0.05) is 0 Å². The normalized spacial score (nSPS) is 14.9. The molecule has 3 aromatic rings. The number of sulfonamides is 1. The van der Waals surface area contributed by atoms with Crippen LogP contribution < -0.4 is 4.72 Å². The van der Waals surface area contributed by atoms with Gasteiger partial charge in [-0.3, -0.25) is 0 Å². The number of benzene rings is 3. The third kappa shape index (κ3) is 3.11. The number of hydrogen-bond donors (Lipinski definition) is 1. The van der Waals surface area contributed by atoms with Crippen LogP contribution in [0.25, 0.3) is 12.2 Å². The molecule has 27 heavy (non-hydrogen) atoms. The van der Waals surface area contributed by atoms with E-state index in [9.17, 15) is 8.42 Å². The van der Waals surface area contributed by atoms with Crippen LogP contribution in [-0.2, 0) is 15.6 Å². The molecule has 136 valence electrons. The SMILES string of the molecule is Cc1ccc(S(=O)(=O)NC2(C)c3ccccc3C=Cc3ccccc32)cc1. The highest BCUT2D eigenvalue weighted by Crippen LogP contribution is 2.38. The van der Waals surface area contributed by atoms with Crippen molar-refractivity contribution in [2.75, 3.05) is 0 Å². The number of fused-ring (bicyclic) bond motifs is 2. The average molecular weight is 375 g/mol. The van der Waals surface area contributed by atoms with E-state index in [0.717, 1.165) is 27.8 Å². The second-order valence-corrected chi connectivity index (χ2v) is 8.73. The summed E-state index contributed by atoms with van der Waals surface area (Å²) in [5.41, 5.74) is 4.00. The summed E-state index contributed by atoms with van der Waals surface area (Å²) in [4.78, 5) is 0.265. The molecule has 0 unspecified atom stereocenters. The Kier molecular flexibility index (Phi) is 4.25. The first-order valence-electron chi connectivity index (χ1n) is 8.88. The summed E-state index contributed by atoms with van der Waals surface area (Å²) in [5.74, 6) is 0. The Balaban J connectivity index is 1.90. The molecule has 0 atom stereocenters. The molecule has 0 saturated carbocycles. The molecular weight excluding hydrogens is 354 g/mol. The van der Waals surface area contributed by atoms with Crippen LogP contribution in [0.5, 0.6) is 0 Å². The second-order valence-electron chi connectivity index (χ2n) is 7.05. The van der Waals surface area contributed by atoms with Crippen LogP contribution >= 0.6 is 0 Å². The Bertz CT molecular complexity index is 1080. The lowest BCUT2D eigenvalue weighted by Gasteiger charge is -2.33. The molecule has 0 radical (unpaired) electrons. The predicted molar refractivity (Wildman–Crippen MR) is 110 cm³/mol. The molecule has 1 N–H and O–H groups in total. The van der Waals surface area contributed by atoms with E-state index in [1.54, 1.807) is 12.1 Å². The third-order valence-electron chi connectivity index (χ3n) is 5.11. The molecule has 0 spiro atoms. The topological polar surface area (TPSA) is 46.2 Å². The lowest BCUT2D eigenvalue weighted by Crippen LogP contribution is -2.45. The maximum absolute atomic E-state index is 13.2. The van der Waals surface area contributed by atoms with Gasteiger partial charge in [0.15, 0.2) is 0 Å². The van der Waals surface area contributed by atoms with E-state index >= 15 is 0 Å². The molecule has 0 bridgehead atoms. The van der Waals surface area contributed by atoms with Gasteiger partial charge >= 0.3 is 0 Å². The van der Waals surface area contributed by atoms with Gasteiger partial charge in [-0.2, -0.15) is 4.72 Å². The third-order valence-corrected chi connectivity index (χ3v) is 6.68. The maximum atomic E-state index is 13.2. The summed E-state index contributed by atoms with van der Waals surface area (Å²) in [6, 6.07) is 22.7. The maximum Gasteiger partial charge on any atom is 0.241 e. The lowest BCUT2D eigenvalue weighted by molar-refractivity contribution is 0.502. The van der Waals surface area contributed by atoms with E-state index in [1.165, 1.54) is 0 Å². The number of nitrogens with one attached hydrogen (secondary N) is 1. The van der Waals surface area contributed by atoms with E-state index in [1.807, 2.05) is 86.7 Å². The van der Waals surface area contributed by atoms with E-state index in [2.05, 4.69) is 4.72 Å². The predicted octanol–water partition coefficient (Wildman–Crippen LogP) is 4.72. The largest absolute Gasteiger partial charge is 0.241 e. The highest BCUT2D eigenvalue weighted by molar-refractivity contribution is 7.89. The number of aryl methyl sites for hydroxylation is 1. The van der Waals surface area contributed by atoms with Crippen molar-refractivity contribution in [2.24, 2.45) is 0 Å². The van der Waals surface area contributed by atoms with E-state index < -0.39 is 15.6 Å². The molecule has 0 heterocycles. The Morgan fingerprint density at radius 1 is 0.741 bits per heavy atom. The molecule has 0 aromatic heterocycles. The highest BCUT2D eigenvalue weighted by atomic mass is 32.2. The van der Waals surface area contributed by atoms with Crippen molar-refractivity contribution >= 4 is 22.2 Å². The minimum atomic E-state index is -3.71. The standard InChI is InChI=1S/C23H21NO2S/c1-17-11-15-20(16-12-17)27(25,26)24-23(2)21-9-5-3-7-18(21)13-14-19-8-4-6-10-22(19)23/h3-16,24H,1-2H3. The zero-order valence-electron chi connectivity index (χ0n) is 15.3. The van der Waals surface area contributed by atoms with Crippen molar-refractivity contribution in [1.29, 1.82) is 0 Å². The van der Waals surface area contributed by atoms with Crippen LogP contribution in [0, 0.1) is 6.92 Å². The van der Waals surface area contributed by atoms with Crippen LogP contribution in [0.15, 0.2) is 77.7 Å². The molecule has 0 saturated heterocycles. The van der Waals surface area contributed by atoms with Gasteiger partial charge in [-0.15, -0.1) is 0 Å². The smallest absolute Gasteiger partial charge is 0.207 e. The summed E-state index contributed by atoms with van der Waals surface area (Å²) < 4.78 is 29.4. The Labute approximate surface area is 160 Å². The molecular formula is C23H21NO2S. The van der Waals surface area contributed by atoms with Crippen molar-refractivity contribution in [1.82, 2.24) is 4.72 Å². The van der Waals surface area contributed by atoms with Crippen LogP contribution in [0.1, 0.15) is 34.7 Å². The van der Waals surface area contributed by atoms with Gasteiger partial charge in [-0.1, -0.05) is 78.4 Å². The molecule has 0 amide bonds. The molecule has 3 aromatic carbocycles. The molecule has 0 fully saturated rings. The summed E-state index contributed by atoms with van der Waals surface area (Å²) in [5, 5.41) is 0. The Morgan fingerprint density at radius 2 is 1.22 bits per heavy atom. The fourth-order valence-electron chi connectivity index (χ4n) is 3.68. The average Bonchev–Trinajstić information content (AvgIpc) is 2.78. The van der Waals surface area contributed by atoms with Gasteiger partial charge in [0.2, 0.25) is 10.0 Å². The van der Waals surface area contributed by atoms with Crippen LogP contribution in [0.3, 0.4) is 0 Å². The molecule has 4 rings (SSSR count). The molecule has 0 aliphatic heterocycles. The van der Waals surface area contributed by atoms with Gasteiger partial charge < -0.3 is 0 Å². The van der Waals surface area contributed by atoms with Crippen LogP contribution in [0.4, 0.5) is 0 Å². The molecule has 4 heteroatoms. The monoisotopic (exact) mass is 375 g/mol. The van der Waals surface area contributed by atoms with Crippen LogP contribution in [-0.4, -0.2) is 8.42 Å². The minimum absolute atomic E-state index is 0.265. The summed E-state index contributed by atoms with van der Waals surface area (Å²) in [6.07, 6.45) is 4.08. The molecule has 1 aliphatic carbocycles. The van der Waals surface area contributed by atoms with E-state index in [0.29, 0.717) is 0 Å². The van der Waals surface area contributed by atoms with Gasteiger partial charge in [0.05, 0.1) is 10.4 Å². The van der Waals surface area contributed by atoms with Crippen molar-refractivity contribution < 1.29 is 8.42 Å². The van der Waals surface area contributed by atoms with Crippen molar-refractivity contribution in [3.63, 3.8) is 0 Å². The first kappa shape index (κ1) is 17.7. The summed E-state index contributed by atoms with van der Waals surface area (Å²) >= 11 is 0. The fraction of sp³-hybridized carbons (Fsp3) is 0.130. The summed E-state index contributed by atoms with van der Waals surface area (Å²) in [7, 11) is -3.71. The Morgan fingerprint density at radius 3 is 1.74 bits per heavy atom. The van der Waals surface area contributed by atoms with Crippen molar-refractivity contribution in [3.05, 3.63) is 101 Å². The van der Waals surface area contributed by atoms with Gasteiger partial charge in [-0.25, -0.2) is 8.42 Å². The van der Waals surface area contributed by atoms with Crippen LogP contribution in [0.2, 0.25) is 0 Å². The highest BCUT2D eigenvalue weighted by Gasteiger charge is 2.37. The first-order chi connectivity index (χ1) is 12.9. The number of hydrogen-bond acceptors (Lipinski definition) is 2.